The molecular formula is C76H104N16O17S2. The average molecular weight is 1580 g/mol. The zero-order chi connectivity index (χ0) is 80.7. The van der Waals surface area contributed by atoms with Gasteiger partial charge >= 0.3 is 11.9 Å². The second kappa shape index (κ2) is 45.3. The number of primary amides is 1. The number of aliphatic hydroxyl groups excluding tert-OH is 1. The number of rotatable bonds is 48. The number of esters is 1. The van der Waals surface area contributed by atoms with E-state index in [2.05, 4.69) is 90.9 Å². The number of carbonyl (C=O) groups is 14. The number of aromatic amines is 1. The topological polar surface area (TPSA) is 544 Å². The number of hydrogen-bond acceptors (Lipinski definition) is 20. The van der Waals surface area contributed by atoms with Gasteiger partial charge in [-0.3, -0.25) is 77.5 Å². The summed E-state index contributed by atoms with van der Waals surface area (Å²) >= 11 is 8.36. The van der Waals surface area contributed by atoms with E-state index in [-0.39, 0.29) is 127 Å². The van der Waals surface area contributed by atoms with Crippen LogP contribution in [0.3, 0.4) is 0 Å². The highest BCUT2D eigenvalue weighted by Gasteiger charge is 2.42. The molecule has 3 aromatic carbocycles. The molecule has 0 spiro atoms. The van der Waals surface area contributed by atoms with E-state index in [9.17, 15) is 77.3 Å². The van der Waals surface area contributed by atoms with Crippen molar-refractivity contribution in [2.75, 3.05) is 37.8 Å². The second-order valence-electron chi connectivity index (χ2n) is 27.0. The van der Waals surface area contributed by atoms with Crippen LogP contribution in [0, 0.1) is 17.2 Å². The Hall–Kier alpha value is -10.9. The van der Waals surface area contributed by atoms with Gasteiger partial charge in [-0.2, -0.15) is 25.3 Å². The summed E-state index contributed by atoms with van der Waals surface area (Å²) < 4.78 is 5.62. The fraction of sp³-hybridized carbons (Fsp3) is 0.474. The van der Waals surface area contributed by atoms with E-state index < -0.39 is 175 Å². The summed E-state index contributed by atoms with van der Waals surface area (Å²) in [4.78, 5) is 200. The summed E-state index contributed by atoms with van der Waals surface area (Å²) in [6.07, 6.45) is 0.460. The van der Waals surface area contributed by atoms with Crippen LogP contribution in [-0.2, 0) is 78.3 Å². The van der Waals surface area contributed by atoms with Crippen molar-refractivity contribution in [2.45, 2.75) is 177 Å². The van der Waals surface area contributed by atoms with Crippen LogP contribution in [-0.4, -0.2) is 207 Å². The molecule has 602 valence electrons. The molecule has 1 fully saturated rings. The van der Waals surface area contributed by atoms with Gasteiger partial charge in [-0.1, -0.05) is 92.7 Å². The van der Waals surface area contributed by atoms with Crippen LogP contribution in [0.5, 0.6) is 0 Å². The van der Waals surface area contributed by atoms with Crippen LogP contribution >= 0.6 is 25.3 Å². The van der Waals surface area contributed by atoms with E-state index in [1.807, 2.05) is 66.7 Å². The molecule has 35 heteroatoms. The Morgan fingerprint density at radius 1 is 0.640 bits per heavy atom. The van der Waals surface area contributed by atoms with Crippen LogP contribution in [0.2, 0.25) is 0 Å². The maximum absolute atomic E-state index is 14.4. The van der Waals surface area contributed by atoms with Crippen LogP contribution in [0.25, 0.3) is 22.0 Å². The van der Waals surface area contributed by atoms with Crippen molar-refractivity contribution in [1.82, 2.24) is 52.4 Å². The maximum Gasteiger partial charge on any atom is 0.306 e. The normalized spacial score (nSPS) is 15.5. The molecule has 1 unspecified atom stereocenters. The van der Waals surface area contributed by atoms with Gasteiger partial charge in [0.25, 0.3) is 0 Å². The van der Waals surface area contributed by atoms with Crippen LogP contribution < -0.4 is 65.5 Å². The van der Waals surface area contributed by atoms with Crippen molar-refractivity contribution in [3.8, 4) is 11.1 Å². The minimum absolute atomic E-state index is 0. The zero-order valence-electron chi connectivity index (χ0n) is 61.2. The molecule has 4 aromatic rings. The number of aliphatic imine (C=N–C) groups is 1. The molecule has 0 radical (unpaired) electrons. The lowest BCUT2D eigenvalue weighted by atomic mass is 9.92. The highest BCUT2D eigenvalue weighted by molar-refractivity contribution is 7.80. The summed E-state index contributed by atoms with van der Waals surface area (Å²) in [6, 6.07) is 11.5. The van der Waals surface area contributed by atoms with E-state index >= 15 is 0 Å². The first-order valence-electron chi connectivity index (χ1n) is 36.1. The molecule has 33 nitrogen and oxygen atoms in total. The SMILES string of the molecule is C.C=CC[C@H](NC(=O)CCC(=O)OCC1c2ccccc2-c2ccccc21)C(=O)C[C@@H](CS)C(=O)N[C@@H](CO)C(=O)N[C@@H](CC(=O)O)C(=O)N1CCCC1C(=O)N[C@@H](CCCN=C(N)N)C(=O)N[C@@H](CC=C)C(=O)N[C@@H](C)C(=O)C[C@@H](Cc1cc2ccccc2[nH]1)C(=O)N[C@@H](CCCCC(=N)N)C(=O)N[C@@H](CS)C(N)=O. The number of unbranched alkanes of at least 4 members (excludes halogenated alkanes) is 1. The van der Waals surface area contributed by atoms with E-state index in [4.69, 9.17) is 33.1 Å². The van der Waals surface area contributed by atoms with Gasteiger partial charge in [-0.05, 0) is 104 Å². The number of aromatic nitrogens is 1. The number of nitrogens with two attached hydrogens (primary N) is 4. The molecule has 111 heavy (non-hydrogen) atoms. The first-order chi connectivity index (χ1) is 52.5. The highest BCUT2D eigenvalue weighted by atomic mass is 32.1. The summed E-state index contributed by atoms with van der Waals surface area (Å²) in [5, 5.41) is 49.0. The quantitative estimate of drug-likeness (QED) is 0.00733. The van der Waals surface area contributed by atoms with Crippen molar-refractivity contribution >= 4 is 131 Å². The number of amides is 10. The monoisotopic (exact) mass is 1580 g/mol. The van der Waals surface area contributed by atoms with Gasteiger partial charge in [0.05, 0.1) is 49.2 Å². The van der Waals surface area contributed by atoms with Gasteiger partial charge in [0.2, 0.25) is 59.1 Å². The van der Waals surface area contributed by atoms with Gasteiger partial charge < -0.3 is 90.3 Å². The number of nitrogens with zero attached hydrogens (tertiary/aromatic N) is 2. The molecule has 0 bridgehead atoms. The molecule has 1 saturated heterocycles. The third kappa shape index (κ3) is 27.5. The standard InChI is InChI=1S/C75H100N16O17S2.CH4/c1-4-16-52(84-63(95)28-29-65(98)108-38-50-48-21-9-7-19-46(48)47-20-8-10-22-49(47)50)61(94)35-44(39-109)68(101)89-57(37-92)72(105)88-56(36-64(96)97)74(107)91-31-15-26-59(91)73(106)87-55(25-14-30-81-75(79)80)70(103)86-53(17-5-2)69(102)82-41(3)60(93)34-43(33-45-32-42-18-6-11-23-51(42)83-45)67(100)85-54(24-12-13-27-62(76)77)71(104)90-58(40-110)66(78)99;/h4-11,18-23,32,41,43-44,50,52-59,83,92,109-110H,1-2,12-17,24-31,33-40H2,3H3,(H3,76,77)(H2,78,99)(H,82,102)(H,84,95)(H,85,100)(H,86,103)(H,87,106)(H,88,105)(H,89,101)(H,90,104)(H,96,97)(H4,79,80,81);1H4/t41-,43+,44-,52-,53-,54-,55-,56-,57-,58-,59?;/m0./s1. The number of thiol groups is 2. The average Bonchev–Trinajstić information content (AvgIpc) is 1.62. The van der Waals surface area contributed by atoms with Crippen LogP contribution in [0.1, 0.15) is 133 Å². The van der Waals surface area contributed by atoms with Crippen molar-refractivity contribution in [1.29, 1.82) is 5.41 Å². The number of aliphatic hydroxyl groups is 1. The highest BCUT2D eigenvalue weighted by Crippen LogP contribution is 2.44. The number of Topliss-reactive ketones (excluding diaryl/α,β-unsaturated/α-hetero) is 2. The maximum atomic E-state index is 14.4. The number of likely N-dealkylation sites (tertiary alicyclic amines) is 1. The van der Waals surface area contributed by atoms with Crippen molar-refractivity contribution in [2.24, 2.45) is 39.8 Å². The fourth-order valence-corrected chi connectivity index (χ4v) is 13.4. The van der Waals surface area contributed by atoms with Gasteiger partial charge in [0.15, 0.2) is 17.5 Å². The van der Waals surface area contributed by atoms with Crippen molar-refractivity contribution in [3.63, 3.8) is 0 Å². The number of amidine groups is 1. The molecule has 2 aliphatic rings. The first-order valence-corrected chi connectivity index (χ1v) is 37.4. The minimum Gasteiger partial charge on any atom is -0.481 e. The Morgan fingerprint density at radius 2 is 1.20 bits per heavy atom. The smallest absolute Gasteiger partial charge is 0.306 e. The molecule has 2 heterocycles. The fourth-order valence-electron chi connectivity index (χ4n) is 12.9. The first kappa shape index (κ1) is 90.7. The predicted molar refractivity (Wildman–Crippen MR) is 421 cm³/mol. The van der Waals surface area contributed by atoms with E-state index in [0.717, 1.165) is 38.1 Å². The third-order valence-electron chi connectivity index (χ3n) is 18.7. The van der Waals surface area contributed by atoms with Gasteiger partial charge in [-0.15, -0.1) is 13.2 Å². The number of H-pyrrole nitrogens is 1. The summed E-state index contributed by atoms with van der Waals surface area (Å²) in [6.45, 7) is 7.46. The number of nitrogens with one attached hydrogen (secondary N) is 10. The number of ketones is 2. The number of carboxylic acids is 1. The third-order valence-corrected chi connectivity index (χ3v) is 19.5. The lowest BCUT2D eigenvalue weighted by Crippen LogP contribution is -2.59. The number of ether oxygens (including phenoxy) is 1. The molecule has 1 aromatic heterocycles. The number of fused-ring (bicyclic) bond motifs is 4. The zero-order valence-corrected chi connectivity index (χ0v) is 63.0. The number of guanidine groups is 1. The molecule has 20 N–H and O–H groups in total. The molecule has 1 aliphatic heterocycles. The Kier molecular flexibility index (Phi) is 37.0. The molecular weight excluding hydrogens is 1470 g/mol. The lowest BCUT2D eigenvalue weighted by molar-refractivity contribution is -0.146. The largest absolute Gasteiger partial charge is 0.481 e. The summed E-state index contributed by atoms with van der Waals surface area (Å²) in [7, 11) is 0. The van der Waals surface area contributed by atoms with E-state index in [1.54, 1.807) is 12.1 Å². The van der Waals surface area contributed by atoms with Crippen LogP contribution in [0.15, 0.2) is 109 Å². The molecule has 6 rings (SSSR count). The predicted octanol–water partition coefficient (Wildman–Crippen LogP) is 1.04. The number of aliphatic carboxylic acids is 1. The Morgan fingerprint density at radius 3 is 1.80 bits per heavy atom. The number of carboxylic acid groups (broad SMARTS) is 1. The summed E-state index contributed by atoms with van der Waals surface area (Å²) in [5.41, 5.74) is 27.5. The number of carbonyl (C=O) groups excluding carboxylic acids is 13. The minimum atomic E-state index is -1.92. The van der Waals surface area contributed by atoms with Gasteiger partial charge in [0.1, 0.15) is 48.9 Å². The second-order valence-corrected chi connectivity index (χ2v) is 27.7. The lowest BCUT2D eigenvalue weighted by Gasteiger charge is -2.30. The summed E-state index contributed by atoms with van der Waals surface area (Å²) in [5.74, 6) is -16.1. The Labute approximate surface area is 654 Å². The van der Waals surface area contributed by atoms with Crippen molar-refractivity contribution < 1.29 is 82.1 Å². The molecule has 0 saturated carbocycles. The molecule has 11 atom stereocenters. The number of hydrogen-bond donors (Lipinski definition) is 18. The van der Waals surface area contributed by atoms with Gasteiger partial charge in [0, 0.05) is 67.4 Å². The van der Waals surface area contributed by atoms with E-state index in [1.165, 1.54) is 19.1 Å². The van der Waals surface area contributed by atoms with E-state index in [0.29, 0.717) is 18.5 Å². The van der Waals surface area contributed by atoms with Crippen LogP contribution in [0.4, 0.5) is 0 Å². The number of benzene rings is 3. The van der Waals surface area contributed by atoms with Gasteiger partial charge in [-0.25, -0.2) is 0 Å². The number of para-hydroxylation sites is 1. The molecule has 10 amide bonds. The van der Waals surface area contributed by atoms with Crippen molar-refractivity contribution in [3.05, 3.63) is 121 Å². The Balaban J connectivity index is 0.0000220. The molecule has 1 aliphatic carbocycles. The Bertz CT molecular complexity index is 3980.